The Hall–Kier alpha value is -2.30. The Labute approximate surface area is 118 Å². The topological polar surface area (TPSA) is 56.1 Å². The van der Waals surface area contributed by atoms with Gasteiger partial charge in [-0.2, -0.15) is 5.10 Å². The number of aromatic nitrogens is 2. The van der Waals surface area contributed by atoms with Crippen LogP contribution in [0.25, 0.3) is 0 Å². The van der Waals surface area contributed by atoms with Gasteiger partial charge in [0.2, 0.25) is 0 Å². The molecular weight excluding hydrogens is 254 g/mol. The Morgan fingerprint density at radius 1 is 1.30 bits per heavy atom. The maximum absolute atomic E-state index is 12.0. The van der Waals surface area contributed by atoms with Gasteiger partial charge in [0.1, 0.15) is 0 Å². The van der Waals surface area contributed by atoms with Gasteiger partial charge in [0.15, 0.2) is 6.04 Å². The lowest BCUT2D eigenvalue weighted by Crippen LogP contribution is -2.22. The molecule has 1 atom stereocenters. The zero-order chi connectivity index (χ0) is 14.5. The molecule has 2 rings (SSSR count). The van der Waals surface area contributed by atoms with E-state index in [0.717, 1.165) is 11.3 Å². The van der Waals surface area contributed by atoms with Crippen LogP contribution in [0.2, 0.25) is 0 Å². The lowest BCUT2D eigenvalue weighted by Gasteiger charge is -2.16. The van der Waals surface area contributed by atoms with E-state index < -0.39 is 6.04 Å². The first kappa shape index (κ1) is 14.1. The molecule has 2 aromatic rings. The molecule has 1 aromatic carbocycles. The highest BCUT2D eigenvalue weighted by Crippen LogP contribution is 2.21. The van der Waals surface area contributed by atoms with Crippen LogP contribution in [0.3, 0.4) is 0 Å². The van der Waals surface area contributed by atoms with E-state index >= 15 is 0 Å². The highest BCUT2D eigenvalue weighted by molar-refractivity contribution is 5.80. The number of methoxy groups -OCH3 is 1. The van der Waals surface area contributed by atoms with Crippen molar-refractivity contribution in [3.05, 3.63) is 48.3 Å². The largest absolute Gasteiger partial charge is 0.467 e. The van der Waals surface area contributed by atoms with Crippen LogP contribution in [0.4, 0.5) is 5.69 Å². The van der Waals surface area contributed by atoms with E-state index in [1.54, 1.807) is 6.20 Å². The molecule has 106 valence electrons. The first-order chi connectivity index (χ1) is 9.61. The number of nitrogens with zero attached hydrogens (tertiary/aromatic N) is 2. The number of para-hydroxylation sites is 1. The molecule has 0 spiro atoms. The van der Waals surface area contributed by atoms with Crippen LogP contribution in [0, 0.1) is 0 Å². The molecule has 0 saturated heterocycles. The van der Waals surface area contributed by atoms with E-state index in [9.17, 15) is 4.79 Å². The summed E-state index contributed by atoms with van der Waals surface area (Å²) in [5.74, 6) is -0.336. The van der Waals surface area contributed by atoms with Crippen molar-refractivity contribution in [1.29, 1.82) is 0 Å². The summed E-state index contributed by atoms with van der Waals surface area (Å²) >= 11 is 0. The van der Waals surface area contributed by atoms with Crippen LogP contribution in [0.15, 0.2) is 42.7 Å². The summed E-state index contributed by atoms with van der Waals surface area (Å²) in [6.07, 6.45) is 3.56. The maximum Gasteiger partial charge on any atom is 0.333 e. The van der Waals surface area contributed by atoms with E-state index in [4.69, 9.17) is 4.74 Å². The number of hydrogen-bond donors (Lipinski definition) is 1. The summed E-state index contributed by atoms with van der Waals surface area (Å²) in [6.45, 7) is 4.07. The number of carbonyl (C=O) groups is 1. The highest BCUT2D eigenvalue weighted by atomic mass is 16.5. The predicted molar refractivity (Wildman–Crippen MR) is 77.4 cm³/mol. The minimum absolute atomic E-state index is 0.249. The van der Waals surface area contributed by atoms with Gasteiger partial charge in [0.05, 0.1) is 13.3 Å². The fourth-order valence-corrected chi connectivity index (χ4v) is 1.88. The van der Waals surface area contributed by atoms with Gasteiger partial charge >= 0.3 is 5.97 Å². The number of benzene rings is 1. The first-order valence-corrected chi connectivity index (χ1v) is 6.55. The molecule has 0 aliphatic heterocycles. The number of hydrogen-bond acceptors (Lipinski definition) is 4. The summed E-state index contributed by atoms with van der Waals surface area (Å²) in [5, 5.41) is 7.43. The molecule has 0 aliphatic rings. The molecule has 1 heterocycles. The zero-order valence-corrected chi connectivity index (χ0v) is 11.9. The van der Waals surface area contributed by atoms with Gasteiger partial charge in [-0.05, 0) is 26.0 Å². The Bertz CT molecular complexity index is 564. The molecule has 5 nitrogen and oxygen atoms in total. The fraction of sp³-hybridized carbons (Fsp3) is 0.333. The number of nitrogens with one attached hydrogen (secondary N) is 1. The Morgan fingerprint density at radius 2 is 2.00 bits per heavy atom. The molecule has 0 radical (unpaired) electrons. The van der Waals surface area contributed by atoms with Crippen LogP contribution in [-0.4, -0.2) is 22.9 Å². The van der Waals surface area contributed by atoms with Crippen LogP contribution in [0.1, 0.15) is 31.5 Å². The van der Waals surface area contributed by atoms with E-state index in [2.05, 4.69) is 10.4 Å². The Kier molecular flexibility index (Phi) is 4.40. The molecular formula is C15H19N3O2. The number of esters is 1. The average molecular weight is 273 g/mol. The van der Waals surface area contributed by atoms with E-state index in [1.165, 1.54) is 7.11 Å². The average Bonchev–Trinajstić information content (AvgIpc) is 2.95. The van der Waals surface area contributed by atoms with Gasteiger partial charge < -0.3 is 10.1 Å². The van der Waals surface area contributed by atoms with E-state index in [-0.39, 0.29) is 12.0 Å². The van der Waals surface area contributed by atoms with Crippen molar-refractivity contribution >= 4 is 11.7 Å². The summed E-state index contributed by atoms with van der Waals surface area (Å²) < 4.78 is 6.69. The molecule has 0 amide bonds. The van der Waals surface area contributed by atoms with Crippen molar-refractivity contribution in [3.63, 3.8) is 0 Å². The lowest BCUT2D eigenvalue weighted by molar-refractivity contribution is -0.141. The molecule has 0 saturated carbocycles. The Balaban J connectivity index is 2.25. The molecule has 1 unspecified atom stereocenters. The third kappa shape index (κ3) is 3.17. The van der Waals surface area contributed by atoms with Gasteiger partial charge in [-0.15, -0.1) is 0 Å². The van der Waals surface area contributed by atoms with Crippen LogP contribution >= 0.6 is 0 Å². The van der Waals surface area contributed by atoms with Crippen molar-refractivity contribution in [1.82, 2.24) is 9.78 Å². The molecule has 0 aliphatic carbocycles. The smallest absolute Gasteiger partial charge is 0.333 e. The molecule has 1 N–H and O–H groups in total. The van der Waals surface area contributed by atoms with Gasteiger partial charge in [0.25, 0.3) is 0 Å². The first-order valence-electron chi connectivity index (χ1n) is 6.55. The number of ether oxygens (including phenoxy) is 1. The van der Waals surface area contributed by atoms with Gasteiger partial charge in [0, 0.05) is 23.5 Å². The van der Waals surface area contributed by atoms with Crippen molar-refractivity contribution in [3.8, 4) is 0 Å². The number of rotatable bonds is 5. The van der Waals surface area contributed by atoms with Crippen molar-refractivity contribution in [2.24, 2.45) is 0 Å². The predicted octanol–water partition coefficient (Wildman–Crippen LogP) is 2.79. The van der Waals surface area contributed by atoms with Crippen LogP contribution in [0.5, 0.6) is 0 Å². The summed E-state index contributed by atoms with van der Waals surface area (Å²) in [4.78, 5) is 12.0. The molecule has 1 aromatic heterocycles. The summed E-state index contributed by atoms with van der Waals surface area (Å²) in [5.41, 5.74) is 1.65. The van der Waals surface area contributed by atoms with Crippen molar-refractivity contribution in [2.45, 2.75) is 25.9 Å². The van der Waals surface area contributed by atoms with E-state index in [0.29, 0.717) is 0 Å². The third-order valence-electron chi connectivity index (χ3n) is 3.01. The molecule has 0 bridgehead atoms. The number of carbonyl (C=O) groups excluding carboxylic acids is 1. The van der Waals surface area contributed by atoms with Crippen LogP contribution < -0.4 is 5.32 Å². The molecule has 20 heavy (non-hydrogen) atoms. The standard InChI is InChI=1S/C15H19N3O2/c1-11(2)18-10-12(9-16-18)14(15(19)20-3)17-13-7-5-4-6-8-13/h4-11,14,17H,1-3H3. The summed E-state index contributed by atoms with van der Waals surface area (Å²) in [7, 11) is 1.38. The maximum atomic E-state index is 12.0. The van der Waals surface area contributed by atoms with Crippen molar-refractivity contribution < 1.29 is 9.53 Å². The summed E-state index contributed by atoms with van der Waals surface area (Å²) in [6, 6.07) is 9.25. The van der Waals surface area contributed by atoms with Crippen LogP contribution in [-0.2, 0) is 9.53 Å². The highest BCUT2D eigenvalue weighted by Gasteiger charge is 2.23. The monoisotopic (exact) mass is 273 g/mol. The zero-order valence-electron chi connectivity index (χ0n) is 11.9. The molecule has 0 fully saturated rings. The quantitative estimate of drug-likeness (QED) is 0.851. The second-order valence-electron chi connectivity index (χ2n) is 4.81. The molecule has 5 heteroatoms. The second-order valence-corrected chi connectivity index (χ2v) is 4.81. The van der Waals surface area contributed by atoms with Gasteiger partial charge in [-0.1, -0.05) is 18.2 Å². The van der Waals surface area contributed by atoms with Crippen molar-refractivity contribution in [2.75, 3.05) is 12.4 Å². The normalized spacial score (nSPS) is 12.2. The number of anilines is 1. The minimum atomic E-state index is -0.560. The minimum Gasteiger partial charge on any atom is -0.467 e. The third-order valence-corrected chi connectivity index (χ3v) is 3.01. The lowest BCUT2D eigenvalue weighted by atomic mass is 10.1. The van der Waals surface area contributed by atoms with Gasteiger partial charge in [-0.3, -0.25) is 4.68 Å². The Morgan fingerprint density at radius 3 is 2.55 bits per heavy atom. The second kappa shape index (κ2) is 6.23. The fourth-order valence-electron chi connectivity index (χ4n) is 1.88. The van der Waals surface area contributed by atoms with E-state index in [1.807, 2.05) is 55.1 Å². The van der Waals surface area contributed by atoms with Gasteiger partial charge in [-0.25, -0.2) is 4.79 Å². The SMILES string of the molecule is COC(=O)C(Nc1ccccc1)c1cnn(C(C)C)c1.